The first-order valence-electron chi connectivity index (χ1n) is 8.07. The lowest BCUT2D eigenvalue weighted by molar-refractivity contribution is -0.148. The largest absolute Gasteiger partial charge is 0.459 e. The first-order chi connectivity index (χ1) is 12.6. The molecular formula is C18H20N2O5S. The van der Waals surface area contributed by atoms with Gasteiger partial charge in [0, 0.05) is 23.7 Å². The van der Waals surface area contributed by atoms with Crippen molar-refractivity contribution in [1.29, 1.82) is 0 Å². The van der Waals surface area contributed by atoms with E-state index < -0.39 is 11.9 Å². The van der Waals surface area contributed by atoms with E-state index in [0.29, 0.717) is 6.54 Å². The Morgan fingerprint density at radius 3 is 2.54 bits per heavy atom. The molecule has 0 saturated carbocycles. The maximum atomic E-state index is 11.6. The first kappa shape index (κ1) is 19.6. The molecule has 2 aromatic rings. The Labute approximate surface area is 155 Å². The molecule has 26 heavy (non-hydrogen) atoms. The van der Waals surface area contributed by atoms with E-state index in [9.17, 15) is 14.4 Å². The van der Waals surface area contributed by atoms with Crippen molar-refractivity contribution in [2.45, 2.75) is 11.3 Å². The van der Waals surface area contributed by atoms with Crippen molar-refractivity contribution in [3.8, 4) is 0 Å². The number of carbonyl (C=O) groups is 3. The fourth-order valence-electron chi connectivity index (χ4n) is 1.92. The molecule has 0 fully saturated rings. The number of benzene rings is 1. The van der Waals surface area contributed by atoms with Crippen LogP contribution < -0.4 is 10.6 Å². The molecule has 0 aliphatic carbocycles. The molecule has 1 aromatic carbocycles. The highest BCUT2D eigenvalue weighted by atomic mass is 32.2. The van der Waals surface area contributed by atoms with E-state index in [1.54, 1.807) is 17.8 Å². The molecule has 7 nitrogen and oxygen atoms in total. The van der Waals surface area contributed by atoms with Gasteiger partial charge in [-0.3, -0.25) is 14.4 Å². The molecule has 8 heteroatoms. The number of ether oxygens (including phenoxy) is 1. The molecule has 1 heterocycles. The van der Waals surface area contributed by atoms with Crippen LogP contribution in [-0.2, 0) is 14.3 Å². The number of hydrogen-bond donors (Lipinski definition) is 2. The number of carbonyl (C=O) groups excluding carboxylic acids is 3. The maximum Gasteiger partial charge on any atom is 0.308 e. The van der Waals surface area contributed by atoms with Gasteiger partial charge < -0.3 is 19.8 Å². The van der Waals surface area contributed by atoms with Crippen LogP contribution in [0.4, 0.5) is 0 Å². The summed E-state index contributed by atoms with van der Waals surface area (Å²) < 4.78 is 9.78. The maximum absolute atomic E-state index is 11.6. The molecule has 2 rings (SSSR count). The number of nitrogens with one attached hydrogen (secondary N) is 2. The Morgan fingerprint density at radius 2 is 1.81 bits per heavy atom. The lowest BCUT2D eigenvalue weighted by Crippen LogP contribution is -2.31. The fourth-order valence-corrected chi connectivity index (χ4v) is 2.71. The molecule has 0 aliphatic rings. The monoisotopic (exact) mass is 376 g/mol. The minimum atomic E-state index is -0.557. The van der Waals surface area contributed by atoms with E-state index in [1.165, 1.54) is 12.3 Å². The Bertz CT molecular complexity index is 704. The standard InChI is InChI=1S/C18H20N2O5S/c21-16(19-10-12-26-14-5-2-1-3-6-14)13-25-17(22)8-9-20-18(23)15-7-4-11-24-15/h1-7,11H,8-10,12-13H2,(H,19,21)(H,20,23). The summed E-state index contributed by atoms with van der Waals surface area (Å²) in [6.07, 6.45) is 1.36. The molecule has 0 unspecified atom stereocenters. The fraction of sp³-hybridized carbons (Fsp3) is 0.278. The van der Waals surface area contributed by atoms with Crippen LogP contribution in [0.3, 0.4) is 0 Å². The zero-order chi connectivity index (χ0) is 18.6. The topological polar surface area (TPSA) is 97.6 Å². The van der Waals surface area contributed by atoms with Gasteiger partial charge in [0.1, 0.15) is 0 Å². The van der Waals surface area contributed by atoms with Crippen LogP contribution in [0.1, 0.15) is 17.0 Å². The van der Waals surface area contributed by atoms with Gasteiger partial charge in [-0.1, -0.05) is 18.2 Å². The van der Waals surface area contributed by atoms with Crippen molar-refractivity contribution < 1.29 is 23.5 Å². The van der Waals surface area contributed by atoms with Gasteiger partial charge in [0.2, 0.25) is 0 Å². The molecule has 2 N–H and O–H groups in total. The van der Waals surface area contributed by atoms with Crippen LogP contribution in [-0.4, -0.2) is 43.2 Å². The molecule has 2 amide bonds. The highest BCUT2D eigenvalue weighted by Crippen LogP contribution is 2.15. The van der Waals surface area contributed by atoms with Gasteiger partial charge >= 0.3 is 5.97 Å². The van der Waals surface area contributed by atoms with Crippen LogP contribution in [0, 0.1) is 0 Å². The van der Waals surface area contributed by atoms with Gasteiger partial charge in [0.05, 0.1) is 12.7 Å². The lowest BCUT2D eigenvalue weighted by atomic mass is 10.4. The summed E-state index contributed by atoms with van der Waals surface area (Å²) in [5, 5.41) is 5.21. The molecule has 138 valence electrons. The second-order valence-corrected chi connectivity index (χ2v) is 6.32. The van der Waals surface area contributed by atoms with Gasteiger partial charge in [-0.05, 0) is 24.3 Å². The second kappa shape index (κ2) is 11.0. The molecule has 1 aromatic heterocycles. The predicted octanol–water partition coefficient (Wildman–Crippen LogP) is 1.85. The van der Waals surface area contributed by atoms with Crippen molar-refractivity contribution in [2.24, 2.45) is 0 Å². The van der Waals surface area contributed by atoms with Gasteiger partial charge in [-0.25, -0.2) is 0 Å². The Balaban J connectivity index is 1.50. The zero-order valence-corrected chi connectivity index (χ0v) is 14.9. The number of esters is 1. The van der Waals surface area contributed by atoms with Crippen LogP contribution in [0.15, 0.2) is 58.0 Å². The summed E-state index contributed by atoms with van der Waals surface area (Å²) in [4.78, 5) is 35.9. The van der Waals surface area contributed by atoms with Gasteiger partial charge in [0.25, 0.3) is 11.8 Å². The number of amides is 2. The lowest BCUT2D eigenvalue weighted by Gasteiger charge is -2.07. The van der Waals surface area contributed by atoms with Gasteiger partial charge in [0.15, 0.2) is 12.4 Å². The molecule has 0 saturated heterocycles. The third-order valence-corrected chi connectivity index (χ3v) is 4.17. The molecular weight excluding hydrogens is 356 g/mol. The molecule has 0 spiro atoms. The minimum absolute atomic E-state index is 0.0242. The van der Waals surface area contributed by atoms with E-state index in [0.717, 1.165) is 10.6 Å². The third-order valence-electron chi connectivity index (χ3n) is 3.16. The van der Waals surface area contributed by atoms with E-state index in [1.807, 2.05) is 30.3 Å². The van der Waals surface area contributed by atoms with Crippen LogP contribution in [0.5, 0.6) is 0 Å². The number of thioether (sulfide) groups is 1. The Kier molecular flexibility index (Phi) is 8.28. The highest BCUT2D eigenvalue weighted by molar-refractivity contribution is 7.99. The smallest absolute Gasteiger partial charge is 0.308 e. The van der Waals surface area contributed by atoms with Crippen LogP contribution in [0.25, 0.3) is 0 Å². The average Bonchev–Trinajstić information content (AvgIpc) is 3.19. The second-order valence-electron chi connectivity index (χ2n) is 5.16. The molecule has 0 aliphatic heterocycles. The normalized spacial score (nSPS) is 10.2. The highest BCUT2D eigenvalue weighted by Gasteiger charge is 2.10. The van der Waals surface area contributed by atoms with Crippen molar-refractivity contribution in [1.82, 2.24) is 10.6 Å². The van der Waals surface area contributed by atoms with Crippen molar-refractivity contribution >= 4 is 29.5 Å². The van der Waals surface area contributed by atoms with E-state index >= 15 is 0 Å². The summed E-state index contributed by atoms with van der Waals surface area (Å²) in [7, 11) is 0. The van der Waals surface area contributed by atoms with Crippen LogP contribution in [0.2, 0.25) is 0 Å². The number of rotatable bonds is 10. The molecule has 0 radical (unpaired) electrons. The zero-order valence-electron chi connectivity index (χ0n) is 14.1. The predicted molar refractivity (Wildman–Crippen MR) is 96.8 cm³/mol. The van der Waals surface area contributed by atoms with Crippen molar-refractivity contribution in [3.05, 3.63) is 54.5 Å². The number of hydrogen-bond acceptors (Lipinski definition) is 6. The molecule has 0 bridgehead atoms. The SMILES string of the molecule is O=C(COC(=O)CCNC(=O)c1ccco1)NCCSc1ccccc1. The van der Waals surface area contributed by atoms with Gasteiger partial charge in [-0.15, -0.1) is 11.8 Å². The van der Waals surface area contributed by atoms with Gasteiger partial charge in [-0.2, -0.15) is 0 Å². The van der Waals surface area contributed by atoms with E-state index in [2.05, 4.69) is 10.6 Å². The third kappa shape index (κ3) is 7.43. The minimum Gasteiger partial charge on any atom is -0.459 e. The first-order valence-corrected chi connectivity index (χ1v) is 9.05. The van der Waals surface area contributed by atoms with E-state index in [4.69, 9.17) is 9.15 Å². The van der Waals surface area contributed by atoms with Crippen molar-refractivity contribution in [3.63, 3.8) is 0 Å². The summed E-state index contributed by atoms with van der Waals surface area (Å²) >= 11 is 1.63. The molecule has 0 atom stereocenters. The van der Waals surface area contributed by atoms with Crippen molar-refractivity contribution in [2.75, 3.05) is 25.4 Å². The summed E-state index contributed by atoms with van der Waals surface area (Å²) in [5.41, 5.74) is 0. The van der Waals surface area contributed by atoms with E-state index in [-0.39, 0.29) is 31.2 Å². The van der Waals surface area contributed by atoms with Crippen LogP contribution >= 0.6 is 11.8 Å². The number of furan rings is 1. The average molecular weight is 376 g/mol. The summed E-state index contributed by atoms with van der Waals surface area (Å²) in [6, 6.07) is 13.0. The summed E-state index contributed by atoms with van der Waals surface area (Å²) in [5.74, 6) is -0.421. The Morgan fingerprint density at radius 1 is 1.00 bits per heavy atom. The quantitative estimate of drug-likeness (QED) is 0.373. The summed E-state index contributed by atoms with van der Waals surface area (Å²) in [6.45, 7) is 0.254. The Hall–Kier alpha value is -2.74.